The number of ether oxygens (including phenoxy) is 1. The Morgan fingerprint density at radius 1 is 1.71 bits per heavy atom. The molecule has 0 fully saturated rings. The first kappa shape index (κ1) is 10.4. The van der Waals surface area contributed by atoms with Crippen molar-refractivity contribution in [3.8, 4) is 0 Å². The second-order valence-electron chi connectivity index (χ2n) is 2.92. The molecule has 5 nitrogen and oxygen atoms in total. The minimum atomic E-state index is -0.608. The van der Waals surface area contributed by atoms with Crippen LogP contribution >= 0.6 is 0 Å². The second-order valence-corrected chi connectivity index (χ2v) is 2.92. The van der Waals surface area contributed by atoms with E-state index in [0.717, 1.165) is 0 Å². The lowest BCUT2D eigenvalue weighted by molar-refractivity contribution is 0.0332. The Kier molecular flexibility index (Phi) is 3.39. The minimum Gasteiger partial charge on any atom is -0.459 e. The summed E-state index contributed by atoms with van der Waals surface area (Å²) in [5, 5.41) is 5.65. The maximum absolute atomic E-state index is 11.4. The fourth-order valence-electron chi connectivity index (χ4n) is 0.834. The zero-order chi connectivity index (χ0) is 10.6. The molecule has 0 bridgehead atoms. The van der Waals surface area contributed by atoms with Crippen LogP contribution < -0.4 is 5.56 Å². The smallest absolute Gasteiger partial charge is 0.344 e. The molecule has 0 aromatic carbocycles. The molecule has 1 N–H and O–H groups in total. The summed E-state index contributed by atoms with van der Waals surface area (Å²) in [4.78, 5) is 22.5. The number of H-pyrrole nitrogens is 1. The highest BCUT2D eigenvalue weighted by Gasteiger charge is 2.13. The Balaban J connectivity index is 2.80. The summed E-state index contributed by atoms with van der Waals surface area (Å²) in [5.41, 5.74) is -0.541. The van der Waals surface area contributed by atoms with Gasteiger partial charge < -0.3 is 4.74 Å². The standard InChI is InChI=1S/C9H12N2O3/c1-3-6(2)14-9(13)7-4-5-10-11-8(7)12/h4-6H,3H2,1-2H3,(H,11,12). The highest BCUT2D eigenvalue weighted by molar-refractivity contribution is 5.88. The Morgan fingerprint density at radius 3 is 3.00 bits per heavy atom. The molecule has 1 unspecified atom stereocenters. The quantitative estimate of drug-likeness (QED) is 0.723. The van der Waals surface area contributed by atoms with E-state index in [1.165, 1.54) is 12.3 Å². The van der Waals surface area contributed by atoms with Gasteiger partial charge in [0, 0.05) is 6.20 Å². The van der Waals surface area contributed by atoms with Crippen LogP contribution in [0.2, 0.25) is 0 Å². The number of rotatable bonds is 3. The molecule has 0 spiro atoms. The van der Waals surface area contributed by atoms with E-state index in [1.807, 2.05) is 6.92 Å². The van der Waals surface area contributed by atoms with Crippen molar-refractivity contribution in [2.75, 3.05) is 0 Å². The van der Waals surface area contributed by atoms with E-state index in [4.69, 9.17) is 4.74 Å². The number of carbonyl (C=O) groups excluding carboxylic acids is 1. The topological polar surface area (TPSA) is 72.0 Å². The number of esters is 1. The molecule has 0 aliphatic rings. The van der Waals surface area contributed by atoms with E-state index in [9.17, 15) is 9.59 Å². The van der Waals surface area contributed by atoms with Gasteiger partial charge in [-0.1, -0.05) is 6.92 Å². The predicted molar refractivity (Wildman–Crippen MR) is 50.0 cm³/mol. The minimum absolute atomic E-state index is 0.0136. The molecule has 1 heterocycles. The molecule has 0 saturated carbocycles. The number of hydrogen-bond acceptors (Lipinski definition) is 4. The molecule has 1 rings (SSSR count). The highest BCUT2D eigenvalue weighted by Crippen LogP contribution is 2.00. The molecular weight excluding hydrogens is 184 g/mol. The van der Waals surface area contributed by atoms with E-state index in [1.54, 1.807) is 6.92 Å². The first-order valence-electron chi connectivity index (χ1n) is 4.39. The van der Waals surface area contributed by atoms with Crippen LogP contribution in [-0.2, 0) is 4.74 Å². The van der Waals surface area contributed by atoms with Crippen molar-refractivity contribution in [3.63, 3.8) is 0 Å². The van der Waals surface area contributed by atoms with E-state index in [2.05, 4.69) is 10.2 Å². The van der Waals surface area contributed by atoms with Crippen molar-refractivity contribution >= 4 is 5.97 Å². The number of aromatic amines is 1. The van der Waals surface area contributed by atoms with Gasteiger partial charge in [-0.2, -0.15) is 5.10 Å². The predicted octanol–water partition coefficient (Wildman–Crippen LogP) is 0.725. The molecule has 0 radical (unpaired) electrons. The zero-order valence-electron chi connectivity index (χ0n) is 8.11. The average Bonchev–Trinajstić information content (AvgIpc) is 2.18. The zero-order valence-corrected chi connectivity index (χ0v) is 8.11. The molecule has 1 aromatic heterocycles. The summed E-state index contributed by atoms with van der Waals surface area (Å²) in [6, 6.07) is 1.34. The normalized spacial score (nSPS) is 12.1. The van der Waals surface area contributed by atoms with Crippen molar-refractivity contribution in [3.05, 3.63) is 28.2 Å². The number of nitrogens with zero attached hydrogens (tertiary/aromatic N) is 1. The lowest BCUT2D eigenvalue weighted by Gasteiger charge is -2.09. The maximum atomic E-state index is 11.4. The van der Waals surface area contributed by atoms with E-state index < -0.39 is 11.5 Å². The summed E-state index contributed by atoms with van der Waals surface area (Å²) < 4.78 is 4.98. The van der Waals surface area contributed by atoms with Gasteiger partial charge in [0.25, 0.3) is 5.56 Å². The van der Waals surface area contributed by atoms with Gasteiger partial charge in [0.05, 0.1) is 6.10 Å². The third-order valence-electron chi connectivity index (χ3n) is 1.83. The maximum Gasteiger partial charge on any atom is 0.344 e. The van der Waals surface area contributed by atoms with Gasteiger partial charge in [-0.25, -0.2) is 9.89 Å². The lowest BCUT2D eigenvalue weighted by atomic mass is 10.3. The molecule has 0 saturated heterocycles. The second kappa shape index (κ2) is 4.55. The summed E-state index contributed by atoms with van der Waals surface area (Å²) in [7, 11) is 0. The van der Waals surface area contributed by atoms with Crippen LogP contribution in [0.25, 0.3) is 0 Å². The number of aromatic nitrogens is 2. The molecule has 76 valence electrons. The first-order valence-corrected chi connectivity index (χ1v) is 4.39. The molecule has 1 atom stereocenters. The van der Waals surface area contributed by atoms with Crippen molar-refractivity contribution in [1.82, 2.24) is 10.2 Å². The van der Waals surface area contributed by atoms with Gasteiger partial charge in [-0.05, 0) is 19.4 Å². The SMILES string of the molecule is CCC(C)OC(=O)c1ccn[nH]c1=O. The molecule has 5 heteroatoms. The van der Waals surface area contributed by atoms with E-state index in [0.29, 0.717) is 6.42 Å². The van der Waals surface area contributed by atoms with Crippen LogP contribution in [0, 0.1) is 0 Å². The van der Waals surface area contributed by atoms with E-state index >= 15 is 0 Å². The van der Waals surface area contributed by atoms with Gasteiger partial charge in [-0.15, -0.1) is 0 Å². The van der Waals surface area contributed by atoms with Gasteiger partial charge >= 0.3 is 5.97 Å². The molecule has 0 aliphatic carbocycles. The number of nitrogens with one attached hydrogen (secondary N) is 1. The fraction of sp³-hybridized carbons (Fsp3) is 0.444. The van der Waals surface area contributed by atoms with Crippen LogP contribution in [0.3, 0.4) is 0 Å². The van der Waals surface area contributed by atoms with Gasteiger partial charge in [0.15, 0.2) is 0 Å². The van der Waals surface area contributed by atoms with Gasteiger partial charge in [0.2, 0.25) is 0 Å². The van der Waals surface area contributed by atoms with Crippen LogP contribution in [-0.4, -0.2) is 22.3 Å². The average molecular weight is 196 g/mol. The Bertz CT molecular complexity index is 372. The Labute approximate surface area is 81.1 Å². The van der Waals surface area contributed by atoms with Crippen molar-refractivity contribution in [1.29, 1.82) is 0 Å². The fourth-order valence-corrected chi connectivity index (χ4v) is 0.834. The summed E-state index contributed by atoms with van der Waals surface area (Å²) in [6.45, 7) is 3.67. The monoisotopic (exact) mass is 196 g/mol. The third-order valence-corrected chi connectivity index (χ3v) is 1.83. The molecule has 14 heavy (non-hydrogen) atoms. The third kappa shape index (κ3) is 2.42. The summed E-state index contributed by atoms with van der Waals surface area (Å²) in [6.07, 6.45) is 1.87. The van der Waals surface area contributed by atoms with Gasteiger partial charge in [-0.3, -0.25) is 4.79 Å². The Hall–Kier alpha value is -1.65. The molecule has 0 amide bonds. The summed E-state index contributed by atoms with van der Waals surface area (Å²) >= 11 is 0. The van der Waals surface area contributed by atoms with E-state index in [-0.39, 0.29) is 11.7 Å². The van der Waals surface area contributed by atoms with Crippen LogP contribution in [0.4, 0.5) is 0 Å². The Morgan fingerprint density at radius 2 is 2.43 bits per heavy atom. The molecular formula is C9H12N2O3. The molecule has 1 aromatic rings. The van der Waals surface area contributed by atoms with Crippen LogP contribution in [0.1, 0.15) is 30.6 Å². The molecule has 0 aliphatic heterocycles. The summed E-state index contributed by atoms with van der Waals surface area (Å²) in [5.74, 6) is -0.608. The first-order chi connectivity index (χ1) is 6.65. The number of hydrogen-bond donors (Lipinski definition) is 1. The van der Waals surface area contributed by atoms with Crippen molar-refractivity contribution in [2.45, 2.75) is 26.4 Å². The van der Waals surface area contributed by atoms with Crippen molar-refractivity contribution < 1.29 is 9.53 Å². The van der Waals surface area contributed by atoms with Crippen LogP contribution in [0.5, 0.6) is 0 Å². The van der Waals surface area contributed by atoms with Gasteiger partial charge in [0.1, 0.15) is 5.56 Å². The number of carbonyl (C=O) groups is 1. The lowest BCUT2D eigenvalue weighted by Crippen LogP contribution is -2.23. The van der Waals surface area contributed by atoms with Crippen LogP contribution in [0.15, 0.2) is 17.1 Å². The largest absolute Gasteiger partial charge is 0.459 e. The van der Waals surface area contributed by atoms with Crippen molar-refractivity contribution in [2.24, 2.45) is 0 Å². The highest BCUT2D eigenvalue weighted by atomic mass is 16.5.